The third-order valence-corrected chi connectivity index (χ3v) is 9.98. The van der Waals surface area contributed by atoms with E-state index in [4.69, 9.17) is 24.2 Å². The number of nitrogens with one attached hydrogen (secondary N) is 1. The van der Waals surface area contributed by atoms with E-state index in [1.807, 2.05) is 11.9 Å². The van der Waals surface area contributed by atoms with Crippen molar-refractivity contribution in [2.45, 2.75) is 90.4 Å². The molecule has 3 aliphatic rings. The maximum atomic E-state index is 12.9. The van der Waals surface area contributed by atoms with Crippen LogP contribution < -0.4 is 15.0 Å². The zero-order valence-corrected chi connectivity index (χ0v) is 26.2. The lowest BCUT2D eigenvalue weighted by Crippen LogP contribution is -2.58. The van der Waals surface area contributed by atoms with Gasteiger partial charge < -0.3 is 24.4 Å². The van der Waals surface area contributed by atoms with E-state index < -0.39 is 21.7 Å². The van der Waals surface area contributed by atoms with Gasteiger partial charge in [0.15, 0.2) is 5.82 Å². The van der Waals surface area contributed by atoms with Crippen molar-refractivity contribution in [3.8, 4) is 5.88 Å². The highest BCUT2D eigenvalue weighted by molar-refractivity contribution is 7.89. The van der Waals surface area contributed by atoms with Crippen LogP contribution in [-0.2, 0) is 19.5 Å². The number of hydrogen-bond donors (Lipinski definition) is 1. The second kappa shape index (κ2) is 12.0. The van der Waals surface area contributed by atoms with E-state index >= 15 is 0 Å². The van der Waals surface area contributed by atoms with Crippen molar-refractivity contribution in [3.63, 3.8) is 0 Å². The highest BCUT2D eigenvalue weighted by Crippen LogP contribution is 2.39. The van der Waals surface area contributed by atoms with Crippen LogP contribution in [-0.4, -0.2) is 94.9 Å². The van der Waals surface area contributed by atoms with E-state index in [1.54, 1.807) is 51.1 Å². The average Bonchev–Trinajstić information content (AvgIpc) is 3.25. The number of carbonyl (C=O) groups excluding carboxylic acids is 1. The topological polar surface area (TPSA) is 141 Å². The Kier molecular flexibility index (Phi) is 8.68. The Hall–Kier alpha value is -2.97. The van der Waals surface area contributed by atoms with Gasteiger partial charge in [0.25, 0.3) is 0 Å². The molecule has 0 amide bonds. The Morgan fingerprint density at radius 3 is 2.43 bits per heavy atom. The summed E-state index contributed by atoms with van der Waals surface area (Å²) >= 11 is 0. The van der Waals surface area contributed by atoms with Crippen LogP contribution in [0.1, 0.15) is 65.5 Å². The van der Waals surface area contributed by atoms with Crippen LogP contribution >= 0.6 is 0 Å². The summed E-state index contributed by atoms with van der Waals surface area (Å²) in [6, 6.07) is 3.48. The molecule has 0 radical (unpaired) electrons. The molecule has 1 N–H and O–H groups in total. The molecule has 3 fully saturated rings. The Labute approximate surface area is 248 Å². The number of aromatic nitrogens is 4. The molecule has 0 aliphatic carbocycles. The van der Waals surface area contributed by atoms with Crippen LogP contribution in [0.25, 0.3) is 0 Å². The van der Waals surface area contributed by atoms with E-state index in [-0.39, 0.29) is 23.9 Å². The van der Waals surface area contributed by atoms with E-state index in [0.29, 0.717) is 67.7 Å². The van der Waals surface area contributed by atoms with Crippen LogP contribution in [0.4, 0.5) is 22.4 Å². The van der Waals surface area contributed by atoms with Gasteiger partial charge in [-0.15, -0.1) is 5.10 Å². The molecule has 0 aromatic carbocycles. The molecule has 5 heterocycles. The summed E-state index contributed by atoms with van der Waals surface area (Å²) in [6.45, 7) is 10.7. The molecule has 3 atom stereocenters. The molecule has 0 unspecified atom stereocenters. The van der Waals surface area contributed by atoms with Crippen LogP contribution in [0.15, 0.2) is 12.1 Å². The number of carbonyl (C=O) groups is 1. The lowest BCUT2D eigenvalue weighted by atomic mass is 9.83. The summed E-state index contributed by atoms with van der Waals surface area (Å²) in [7, 11) is -1.32. The summed E-state index contributed by atoms with van der Waals surface area (Å²) in [5, 5.41) is 7.60. The minimum atomic E-state index is -3.27. The maximum Gasteiger partial charge on any atom is 0.435 e. The number of hydrogen-bond acceptors (Lipinski definition) is 11. The fraction of sp³-hybridized carbons (Fsp3) is 0.714. The smallest absolute Gasteiger partial charge is 0.435 e. The van der Waals surface area contributed by atoms with Crippen LogP contribution in [0, 0.1) is 12.8 Å². The van der Waals surface area contributed by atoms with E-state index in [0.717, 1.165) is 19.3 Å². The first-order chi connectivity index (χ1) is 19.8. The van der Waals surface area contributed by atoms with E-state index in [2.05, 4.69) is 10.4 Å². The van der Waals surface area contributed by atoms with Gasteiger partial charge >= 0.3 is 6.09 Å². The number of nitrogens with zero attached hydrogens (tertiary/aromatic N) is 6. The molecule has 5 rings (SSSR count). The monoisotopic (exact) mass is 605 g/mol. The van der Waals surface area contributed by atoms with Gasteiger partial charge in [0.2, 0.25) is 21.9 Å². The number of anilines is 3. The van der Waals surface area contributed by atoms with Crippen LogP contribution in [0.3, 0.4) is 0 Å². The van der Waals surface area contributed by atoms with Crippen molar-refractivity contribution in [1.82, 2.24) is 24.1 Å². The van der Waals surface area contributed by atoms with Crippen molar-refractivity contribution in [1.29, 1.82) is 0 Å². The van der Waals surface area contributed by atoms with Gasteiger partial charge in [-0.2, -0.15) is 19.0 Å². The van der Waals surface area contributed by atoms with Crippen LogP contribution in [0.5, 0.6) is 5.88 Å². The summed E-state index contributed by atoms with van der Waals surface area (Å²) in [5.41, 5.74) is -0.0395. The van der Waals surface area contributed by atoms with Gasteiger partial charge in [-0.25, -0.2) is 13.2 Å². The van der Waals surface area contributed by atoms with E-state index in [1.165, 1.54) is 4.68 Å². The third kappa shape index (κ3) is 6.81. The minimum Gasteiger partial charge on any atom is -0.477 e. The summed E-state index contributed by atoms with van der Waals surface area (Å²) < 4.78 is 45.6. The highest BCUT2D eigenvalue weighted by Gasteiger charge is 2.45. The molecule has 2 aromatic heterocycles. The van der Waals surface area contributed by atoms with Crippen molar-refractivity contribution >= 4 is 33.7 Å². The van der Waals surface area contributed by atoms with Gasteiger partial charge in [0.1, 0.15) is 11.4 Å². The summed E-state index contributed by atoms with van der Waals surface area (Å²) in [6.07, 6.45) is 3.62. The minimum absolute atomic E-state index is 0.0228. The first-order valence-corrected chi connectivity index (χ1v) is 16.3. The lowest BCUT2D eigenvalue weighted by molar-refractivity contribution is -0.0514. The Balaban J connectivity index is 1.38. The SMILES string of the molecule is CCS(=O)(=O)N1[C@@H]2CCC[C@H]1C[C@@H](N(C)c1nc(Nc3cc(C)n(C(=O)OC(C)(C)C)n3)cc(OCC3COC3)n1)C2. The molecule has 42 heavy (non-hydrogen) atoms. The predicted octanol–water partition coefficient (Wildman–Crippen LogP) is 3.70. The number of rotatable bonds is 9. The number of ether oxygens (including phenoxy) is 3. The third-order valence-electron chi connectivity index (χ3n) is 8.01. The summed E-state index contributed by atoms with van der Waals surface area (Å²) in [4.78, 5) is 24.2. The van der Waals surface area contributed by atoms with Crippen molar-refractivity contribution in [2.24, 2.45) is 5.92 Å². The zero-order chi connectivity index (χ0) is 30.2. The van der Waals surface area contributed by atoms with Crippen molar-refractivity contribution in [3.05, 3.63) is 17.8 Å². The maximum absolute atomic E-state index is 12.9. The highest BCUT2D eigenvalue weighted by atomic mass is 32.2. The molecule has 3 aliphatic heterocycles. The van der Waals surface area contributed by atoms with Gasteiger partial charge in [-0.05, 0) is 60.3 Å². The fourth-order valence-corrected chi connectivity index (χ4v) is 7.43. The first-order valence-electron chi connectivity index (χ1n) is 14.7. The van der Waals surface area contributed by atoms with Crippen molar-refractivity contribution in [2.75, 3.05) is 42.8 Å². The van der Waals surface area contributed by atoms with Crippen LogP contribution in [0.2, 0.25) is 0 Å². The number of fused-ring (bicyclic) bond motifs is 2. The average molecular weight is 606 g/mol. The molecular weight excluding hydrogens is 562 g/mol. The molecule has 2 aromatic rings. The van der Waals surface area contributed by atoms with Crippen molar-refractivity contribution < 1.29 is 27.4 Å². The second-order valence-electron chi connectivity index (χ2n) is 12.5. The van der Waals surface area contributed by atoms with E-state index in [9.17, 15) is 13.2 Å². The molecule has 3 saturated heterocycles. The standard InChI is InChI=1S/C28H43N7O6S/c1-7-42(37,38)35-20-9-8-10-21(35)13-22(12-20)33(6)26-30-23(14-25(31-26)40-17-19-15-39-16-19)29-24-11-18(2)34(32-24)27(36)41-28(3,4)5/h11,14,19-22H,7-10,12-13,15-17H2,1-6H3,(H,29,30,31,32)/t20-,21+,22+. The Morgan fingerprint density at radius 1 is 1.14 bits per heavy atom. The van der Waals surface area contributed by atoms with Gasteiger partial charge in [0, 0.05) is 48.9 Å². The molecular formula is C28H43N7O6S. The van der Waals surface area contributed by atoms with Gasteiger partial charge in [-0.3, -0.25) is 0 Å². The molecule has 13 nitrogen and oxygen atoms in total. The Bertz CT molecular complexity index is 1370. The molecule has 0 spiro atoms. The van der Waals surface area contributed by atoms with Gasteiger partial charge in [0.05, 0.1) is 25.6 Å². The first kappa shape index (κ1) is 30.5. The second-order valence-corrected chi connectivity index (χ2v) is 14.7. The van der Waals surface area contributed by atoms with Gasteiger partial charge in [-0.1, -0.05) is 6.42 Å². The normalized spacial score (nSPS) is 23.2. The molecule has 0 saturated carbocycles. The molecule has 232 valence electrons. The molecule has 14 heteroatoms. The predicted molar refractivity (Wildman–Crippen MR) is 158 cm³/mol. The number of aryl methyl sites for hydroxylation is 1. The fourth-order valence-electron chi connectivity index (χ4n) is 5.84. The number of piperidine rings is 2. The molecule has 2 bridgehead atoms. The number of sulfonamides is 1. The quantitative estimate of drug-likeness (QED) is 0.447. The zero-order valence-electron chi connectivity index (χ0n) is 25.4. The largest absolute Gasteiger partial charge is 0.477 e. The summed E-state index contributed by atoms with van der Waals surface area (Å²) in [5.74, 6) is 2.21. The Morgan fingerprint density at radius 2 is 1.83 bits per heavy atom. The lowest BCUT2D eigenvalue weighted by Gasteiger charge is -2.49.